The van der Waals surface area contributed by atoms with E-state index in [2.05, 4.69) is 10.3 Å². The molecule has 0 saturated heterocycles. The molecule has 140 valence electrons. The molecule has 0 bridgehead atoms. The molecule has 0 radical (unpaired) electrons. The number of carbonyl (C=O) groups excluding carboxylic acids is 1. The van der Waals surface area contributed by atoms with Gasteiger partial charge in [-0.2, -0.15) is 13.2 Å². The van der Waals surface area contributed by atoms with Gasteiger partial charge in [-0.15, -0.1) is 0 Å². The number of oxazole rings is 1. The van der Waals surface area contributed by atoms with Crippen LogP contribution in [-0.4, -0.2) is 10.9 Å². The lowest BCUT2D eigenvalue weighted by Gasteiger charge is -2.10. The molecule has 9 heteroatoms. The average molecular weight is 379 g/mol. The molecule has 0 fully saturated rings. The van der Waals surface area contributed by atoms with Gasteiger partial charge in [0, 0.05) is 12.2 Å². The molecule has 1 aromatic heterocycles. The summed E-state index contributed by atoms with van der Waals surface area (Å²) in [5.41, 5.74) is 5.47. The first-order valence-corrected chi connectivity index (χ1v) is 7.69. The molecule has 0 aliphatic heterocycles. The number of para-hydroxylation sites is 1. The van der Waals surface area contributed by atoms with E-state index >= 15 is 0 Å². The van der Waals surface area contributed by atoms with Crippen molar-refractivity contribution in [3.05, 3.63) is 71.4 Å². The van der Waals surface area contributed by atoms with Crippen molar-refractivity contribution in [3.8, 4) is 11.5 Å². The Labute approximate surface area is 150 Å². The molecule has 3 rings (SSSR count). The first kappa shape index (κ1) is 18.4. The van der Waals surface area contributed by atoms with Gasteiger partial charge in [-0.25, -0.2) is 9.37 Å². The third-order valence-corrected chi connectivity index (χ3v) is 3.67. The van der Waals surface area contributed by atoms with Gasteiger partial charge in [0.15, 0.2) is 5.69 Å². The van der Waals surface area contributed by atoms with Crippen LogP contribution in [-0.2, 0) is 12.7 Å². The molecular formula is C18H13F4N3O2. The second kappa shape index (κ2) is 7.10. The maximum Gasteiger partial charge on any atom is 0.416 e. The molecule has 0 aliphatic rings. The fourth-order valence-electron chi connectivity index (χ4n) is 2.38. The van der Waals surface area contributed by atoms with Crippen LogP contribution in [0.2, 0.25) is 0 Å². The topological polar surface area (TPSA) is 81.1 Å². The minimum Gasteiger partial charge on any atom is -0.444 e. The maximum atomic E-state index is 13.4. The Morgan fingerprint density at radius 1 is 1.19 bits per heavy atom. The predicted molar refractivity (Wildman–Crippen MR) is 88.9 cm³/mol. The molecule has 0 atom stereocenters. The number of hydrogen-bond acceptors (Lipinski definition) is 4. The van der Waals surface area contributed by atoms with E-state index in [0.717, 1.165) is 18.4 Å². The molecule has 27 heavy (non-hydrogen) atoms. The number of nitrogens with one attached hydrogen (secondary N) is 1. The summed E-state index contributed by atoms with van der Waals surface area (Å²) in [7, 11) is 0. The summed E-state index contributed by atoms with van der Waals surface area (Å²) in [6, 6.07) is 8.81. The highest BCUT2D eigenvalue weighted by Crippen LogP contribution is 2.30. The van der Waals surface area contributed by atoms with Gasteiger partial charge < -0.3 is 15.5 Å². The van der Waals surface area contributed by atoms with Gasteiger partial charge in [0.25, 0.3) is 5.91 Å². The van der Waals surface area contributed by atoms with E-state index in [9.17, 15) is 22.4 Å². The Balaban J connectivity index is 1.72. The summed E-state index contributed by atoms with van der Waals surface area (Å²) in [5.74, 6) is -1.60. The van der Waals surface area contributed by atoms with Crippen LogP contribution in [0.5, 0.6) is 0 Å². The van der Waals surface area contributed by atoms with Crippen LogP contribution >= 0.6 is 0 Å². The zero-order chi connectivity index (χ0) is 19.6. The van der Waals surface area contributed by atoms with Crippen molar-refractivity contribution >= 4 is 11.6 Å². The van der Waals surface area contributed by atoms with Crippen molar-refractivity contribution in [1.82, 2.24) is 10.3 Å². The number of benzene rings is 2. The van der Waals surface area contributed by atoms with Crippen LogP contribution < -0.4 is 11.1 Å². The largest absolute Gasteiger partial charge is 0.444 e. The third kappa shape index (κ3) is 4.25. The highest BCUT2D eigenvalue weighted by molar-refractivity contribution is 5.92. The Morgan fingerprint density at radius 3 is 2.63 bits per heavy atom. The first-order valence-electron chi connectivity index (χ1n) is 7.69. The van der Waals surface area contributed by atoms with Crippen molar-refractivity contribution in [1.29, 1.82) is 0 Å². The fraction of sp³-hybridized carbons (Fsp3) is 0.111. The second-order valence-electron chi connectivity index (χ2n) is 5.65. The van der Waals surface area contributed by atoms with Gasteiger partial charge in [0.2, 0.25) is 5.89 Å². The Kier molecular flexibility index (Phi) is 4.85. The molecule has 2 aromatic carbocycles. The molecule has 3 aromatic rings. The fourth-order valence-corrected chi connectivity index (χ4v) is 2.38. The first-order chi connectivity index (χ1) is 12.7. The monoisotopic (exact) mass is 379 g/mol. The number of alkyl halides is 3. The minimum atomic E-state index is -4.68. The van der Waals surface area contributed by atoms with Gasteiger partial charge in [-0.1, -0.05) is 12.1 Å². The van der Waals surface area contributed by atoms with Gasteiger partial charge in [-0.05, 0) is 35.9 Å². The van der Waals surface area contributed by atoms with Crippen molar-refractivity contribution < 1.29 is 26.8 Å². The summed E-state index contributed by atoms with van der Waals surface area (Å²) in [5, 5.41) is 2.37. The predicted octanol–water partition coefficient (Wildman–Crippen LogP) is 4.01. The molecule has 0 spiro atoms. The van der Waals surface area contributed by atoms with Crippen molar-refractivity contribution in [2.45, 2.75) is 12.7 Å². The van der Waals surface area contributed by atoms with Gasteiger partial charge in [-0.3, -0.25) is 4.79 Å². The number of rotatable bonds is 4. The minimum absolute atomic E-state index is 0.0355. The molecule has 0 aliphatic carbocycles. The van der Waals surface area contributed by atoms with Crippen molar-refractivity contribution in [3.63, 3.8) is 0 Å². The quantitative estimate of drug-likeness (QED) is 0.530. The molecule has 0 saturated carbocycles. The van der Waals surface area contributed by atoms with E-state index in [0.29, 0.717) is 17.3 Å². The van der Waals surface area contributed by atoms with E-state index in [1.165, 1.54) is 0 Å². The van der Waals surface area contributed by atoms with Crippen LogP contribution in [0.25, 0.3) is 11.5 Å². The maximum absolute atomic E-state index is 13.4. The number of halogens is 4. The van der Waals surface area contributed by atoms with E-state index in [-0.39, 0.29) is 23.7 Å². The van der Waals surface area contributed by atoms with Crippen molar-refractivity contribution in [2.75, 3.05) is 5.73 Å². The molecule has 1 heterocycles. The van der Waals surface area contributed by atoms with Crippen LogP contribution in [0.15, 0.2) is 53.1 Å². The molecule has 1 amide bonds. The smallest absolute Gasteiger partial charge is 0.416 e. The lowest BCUT2D eigenvalue weighted by Crippen LogP contribution is -2.23. The molecular weight excluding hydrogens is 366 g/mol. The lowest BCUT2D eigenvalue weighted by molar-refractivity contribution is -0.137. The number of amides is 1. The Bertz CT molecular complexity index is 983. The van der Waals surface area contributed by atoms with E-state index < -0.39 is 23.5 Å². The third-order valence-electron chi connectivity index (χ3n) is 3.67. The summed E-state index contributed by atoms with van der Waals surface area (Å²) in [6.45, 7) is -0.310. The van der Waals surface area contributed by atoms with Crippen LogP contribution in [0.4, 0.5) is 23.2 Å². The highest BCUT2D eigenvalue weighted by Gasteiger charge is 2.31. The number of carbonyl (C=O) groups is 1. The average Bonchev–Trinajstić information content (AvgIpc) is 3.09. The summed E-state index contributed by atoms with van der Waals surface area (Å²) in [6.07, 6.45) is -3.58. The van der Waals surface area contributed by atoms with Crippen molar-refractivity contribution in [2.24, 2.45) is 0 Å². The normalized spacial score (nSPS) is 11.4. The summed E-state index contributed by atoms with van der Waals surface area (Å²) in [4.78, 5) is 16.1. The summed E-state index contributed by atoms with van der Waals surface area (Å²) < 4.78 is 56.8. The number of nitrogens with two attached hydrogens (primary N) is 1. The number of anilines is 1. The van der Waals surface area contributed by atoms with Gasteiger partial charge in [0.05, 0.1) is 11.1 Å². The zero-order valence-electron chi connectivity index (χ0n) is 13.7. The van der Waals surface area contributed by atoms with E-state index in [4.69, 9.17) is 10.2 Å². The number of nitrogen functional groups attached to an aromatic ring is 1. The molecule has 0 unspecified atom stereocenters. The molecule has 5 nitrogen and oxygen atoms in total. The van der Waals surface area contributed by atoms with Gasteiger partial charge >= 0.3 is 6.18 Å². The highest BCUT2D eigenvalue weighted by atomic mass is 19.4. The number of hydrogen-bond donors (Lipinski definition) is 2. The van der Waals surface area contributed by atoms with Crippen LogP contribution in [0, 0.1) is 5.82 Å². The lowest BCUT2D eigenvalue weighted by atomic mass is 10.1. The Hall–Kier alpha value is -3.36. The SMILES string of the molecule is Nc1ccccc1-c1nc(C(=O)NCc2cc(F)cc(C(F)(F)F)c2)co1. The standard InChI is InChI=1S/C18H13F4N3O2/c19-12-6-10(5-11(7-12)18(20,21)22)8-24-16(26)15-9-27-17(25-15)13-3-1-2-4-14(13)23/h1-7,9H,8,23H2,(H,24,26). The number of nitrogens with zero attached hydrogens (tertiary/aromatic N) is 1. The second-order valence-corrected chi connectivity index (χ2v) is 5.65. The van der Waals surface area contributed by atoms with Crippen LogP contribution in [0.3, 0.4) is 0 Å². The summed E-state index contributed by atoms with van der Waals surface area (Å²) >= 11 is 0. The van der Waals surface area contributed by atoms with Gasteiger partial charge in [0.1, 0.15) is 12.1 Å². The zero-order valence-corrected chi connectivity index (χ0v) is 13.7. The molecule has 3 N–H and O–H groups in total. The Morgan fingerprint density at radius 2 is 1.93 bits per heavy atom. The van der Waals surface area contributed by atoms with E-state index in [1.54, 1.807) is 24.3 Å². The number of aromatic nitrogens is 1. The van der Waals surface area contributed by atoms with E-state index in [1.807, 2.05) is 0 Å². The van der Waals surface area contributed by atoms with Crippen LogP contribution in [0.1, 0.15) is 21.6 Å².